The average Bonchev–Trinajstić information content (AvgIpc) is 3.14. The fourth-order valence-corrected chi connectivity index (χ4v) is 4.72. The second kappa shape index (κ2) is 8.77. The highest BCUT2D eigenvalue weighted by atomic mass is 35.5. The van der Waals surface area contributed by atoms with E-state index in [1.807, 2.05) is 12.1 Å². The standard InChI is InChI=1S/C16H19N3O3S2.ClH/c20-15(11-19-24(21,22)16-6-3-9-23-16)18-10-14-13-5-2-1-4-12(13)7-8-17-14;/h1-6,9,14,17,19H,7-8,10-11H2,(H,18,20);1H. The van der Waals surface area contributed by atoms with Crippen molar-refractivity contribution in [2.75, 3.05) is 19.6 Å². The van der Waals surface area contributed by atoms with Gasteiger partial charge in [-0.05, 0) is 35.5 Å². The van der Waals surface area contributed by atoms with Crippen LogP contribution in [0.3, 0.4) is 0 Å². The van der Waals surface area contributed by atoms with E-state index in [0.29, 0.717) is 6.54 Å². The molecule has 2 heterocycles. The van der Waals surface area contributed by atoms with Gasteiger partial charge in [-0.2, -0.15) is 0 Å². The minimum Gasteiger partial charge on any atom is -0.353 e. The Balaban J connectivity index is 0.00000225. The van der Waals surface area contributed by atoms with E-state index < -0.39 is 10.0 Å². The zero-order valence-electron chi connectivity index (χ0n) is 13.4. The fraction of sp³-hybridized carbons (Fsp3) is 0.312. The summed E-state index contributed by atoms with van der Waals surface area (Å²) < 4.78 is 26.5. The summed E-state index contributed by atoms with van der Waals surface area (Å²) in [5.74, 6) is -0.347. The lowest BCUT2D eigenvalue weighted by Gasteiger charge is -2.27. The Morgan fingerprint density at radius 3 is 2.80 bits per heavy atom. The summed E-state index contributed by atoms with van der Waals surface area (Å²) in [6.45, 7) is 1.02. The number of hydrogen-bond donors (Lipinski definition) is 3. The molecule has 9 heteroatoms. The first-order valence-electron chi connectivity index (χ1n) is 7.67. The van der Waals surface area contributed by atoms with E-state index in [4.69, 9.17) is 0 Å². The molecule has 0 aliphatic carbocycles. The minimum absolute atomic E-state index is 0. The zero-order valence-corrected chi connectivity index (χ0v) is 15.8. The molecule has 0 radical (unpaired) electrons. The van der Waals surface area contributed by atoms with Gasteiger partial charge < -0.3 is 10.6 Å². The molecule has 25 heavy (non-hydrogen) atoms. The number of benzene rings is 1. The third-order valence-electron chi connectivity index (χ3n) is 3.90. The van der Waals surface area contributed by atoms with E-state index in [1.54, 1.807) is 11.4 Å². The van der Waals surface area contributed by atoms with Gasteiger partial charge in [-0.3, -0.25) is 4.79 Å². The molecule has 0 saturated heterocycles. The maximum absolute atomic E-state index is 12.0. The number of sulfonamides is 1. The zero-order chi connectivity index (χ0) is 17.0. The quantitative estimate of drug-likeness (QED) is 0.683. The molecular weight excluding hydrogens is 382 g/mol. The van der Waals surface area contributed by atoms with Crippen molar-refractivity contribution in [3.63, 3.8) is 0 Å². The summed E-state index contributed by atoms with van der Waals surface area (Å²) >= 11 is 1.12. The molecule has 1 amide bonds. The molecule has 1 aromatic carbocycles. The number of nitrogens with one attached hydrogen (secondary N) is 3. The summed E-state index contributed by atoms with van der Waals surface area (Å²) in [6, 6.07) is 11.4. The Morgan fingerprint density at radius 2 is 2.04 bits per heavy atom. The van der Waals surface area contributed by atoms with Crippen LogP contribution in [-0.4, -0.2) is 34.0 Å². The topological polar surface area (TPSA) is 87.3 Å². The number of halogens is 1. The van der Waals surface area contributed by atoms with E-state index in [-0.39, 0.29) is 35.1 Å². The molecule has 3 N–H and O–H groups in total. The average molecular weight is 402 g/mol. The van der Waals surface area contributed by atoms with Gasteiger partial charge in [-0.1, -0.05) is 30.3 Å². The van der Waals surface area contributed by atoms with Crippen molar-refractivity contribution in [2.24, 2.45) is 0 Å². The van der Waals surface area contributed by atoms with Gasteiger partial charge in [0.25, 0.3) is 10.0 Å². The normalized spacial score (nSPS) is 16.6. The summed E-state index contributed by atoms with van der Waals surface area (Å²) in [5.41, 5.74) is 2.47. The lowest BCUT2D eigenvalue weighted by molar-refractivity contribution is -0.120. The Kier molecular flexibility index (Phi) is 6.97. The van der Waals surface area contributed by atoms with E-state index in [9.17, 15) is 13.2 Å². The van der Waals surface area contributed by atoms with E-state index in [2.05, 4.69) is 27.5 Å². The fourth-order valence-electron chi connectivity index (χ4n) is 2.70. The van der Waals surface area contributed by atoms with Crippen LogP contribution in [0.15, 0.2) is 46.0 Å². The summed E-state index contributed by atoms with van der Waals surface area (Å²) in [4.78, 5) is 12.0. The van der Waals surface area contributed by atoms with Gasteiger partial charge in [0.1, 0.15) is 4.21 Å². The van der Waals surface area contributed by atoms with Crippen LogP contribution >= 0.6 is 23.7 Å². The molecule has 1 aromatic heterocycles. The first-order chi connectivity index (χ1) is 11.6. The van der Waals surface area contributed by atoms with Gasteiger partial charge in [0.05, 0.1) is 6.54 Å². The van der Waals surface area contributed by atoms with Gasteiger partial charge in [-0.15, -0.1) is 23.7 Å². The molecule has 1 aliphatic rings. The number of fused-ring (bicyclic) bond motifs is 1. The van der Waals surface area contributed by atoms with E-state index >= 15 is 0 Å². The molecule has 1 atom stereocenters. The van der Waals surface area contributed by atoms with Crippen LogP contribution in [0.25, 0.3) is 0 Å². The van der Waals surface area contributed by atoms with Crippen molar-refractivity contribution < 1.29 is 13.2 Å². The Labute approximate surface area is 157 Å². The minimum atomic E-state index is -3.61. The van der Waals surface area contributed by atoms with Crippen molar-refractivity contribution in [1.82, 2.24) is 15.4 Å². The smallest absolute Gasteiger partial charge is 0.250 e. The maximum Gasteiger partial charge on any atom is 0.250 e. The Hall–Kier alpha value is -1.45. The lowest BCUT2D eigenvalue weighted by atomic mass is 9.94. The summed E-state index contributed by atoms with van der Waals surface area (Å²) in [7, 11) is -3.61. The molecule has 0 spiro atoms. The number of carbonyl (C=O) groups is 1. The van der Waals surface area contributed by atoms with Crippen LogP contribution < -0.4 is 15.4 Å². The molecule has 1 aliphatic heterocycles. The largest absolute Gasteiger partial charge is 0.353 e. The highest BCUT2D eigenvalue weighted by Gasteiger charge is 2.20. The molecule has 136 valence electrons. The monoisotopic (exact) mass is 401 g/mol. The molecule has 0 bridgehead atoms. The second-order valence-corrected chi connectivity index (χ2v) is 8.46. The second-order valence-electron chi connectivity index (χ2n) is 5.52. The summed E-state index contributed by atoms with van der Waals surface area (Å²) in [6.07, 6.45) is 0.973. The van der Waals surface area contributed by atoms with Gasteiger partial charge >= 0.3 is 0 Å². The first kappa shape index (κ1) is 19.9. The van der Waals surface area contributed by atoms with Crippen LogP contribution in [0.4, 0.5) is 0 Å². The van der Waals surface area contributed by atoms with Gasteiger partial charge in [0.2, 0.25) is 5.91 Å². The number of thiophene rings is 1. The van der Waals surface area contributed by atoms with Crippen LogP contribution in [0.1, 0.15) is 17.2 Å². The number of amides is 1. The van der Waals surface area contributed by atoms with Crippen molar-refractivity contribution >= 4 is 39.7 Å². The highest BCUT2D eigenvalue weighted by molar-refractivity contribution is 7.91. The molecule has 2 aromatic rings. The predicted octanol–water partition coefficient (Wildman–Crippen LogP) is 1.45. The van der Waals surface area contributed by atoms with Crippen molar-refractivity contribution in [1.29, 1.82) is 0 Å². The number of rotatable bonds is 6. The van der Waals surface area contributed by atoms with Crippen LogP contribution in [0.5, 0.6) is 0 Å². The Morgan fingerprint density at radius 1 is 1.24 bits per heavy atom. The molecule has 3 rings (SSSR count). The molecule has 0 saturated carbocycles. The molecular formula is C16H20ClN3O3S2. The van der Waals surface area contributed by atoms with Gasteiger partial charge in [0, 0.05) is 12.6 Å². The van der Waals surface area contributed by atoms with Crippen LogP contribution in [0, 0.1) is 0 Å². The van der Waals surface area contributed by atoms with Gasteiger partial charge in [0.15, 0.2) is 0 Å². The van der Waals surface area contributed by atoms with Crippen molar-refractivity contribution in [3.8, 4) is 0 Å². The third kappa shape index (κ3) is 5.02. The SMILES string of the molecule is Cl.O=C(CNS(=O)(=O)c1cccs1)NCC1NCCc2ccccc21. The summed E-state index contributed by atoms with van der Waals surface area (Å²) in [5, 5.41) is 7.84. The number of carbonyl (C=O) groups excluding carboxylic acids is 1. The maximum atomic E-state index is 12.0. The molecule has 6 nitrogen and oxygen atoms in total. The van der Waals surface area contributed by atoms with Gasteiger partial charge in [-0.25, -0.2) is 13.1 Å². The van der Waals surface area contributed by atoms with Crippen LogP contribution in [0.2, 0.25) is 0 Å². The van der Waals surface area contributed by atoms with E-state index in [1.165, 1.54) is 17.2 Å². The number of hydrogen-bond acceptors (Lipinski definition) is 5. The van der Waals surface area contributed by atoms with Crippen molar-refractivity contribution in [3.05, 3.63) is 52.9 Å². The van der Waals surface area contributed by atoms with Crippen molar-refractivity contribution in [2.45, 2.75) is 16.7 Å². The molecule has 1 unspecified atom stereocenters. The lowest BCUT2D eigenvalue weighted by Crippen LogP contribution is -2.42. The third-order valence-corrected chi connectivity index (χ3v) is 6.70. The van der Waals surface area contributed by atoms with E-state index in [0.717, 1.165) is 24.3 Å². The van der Waals surface area contributed by atoms with Crippen LogP contribution in [-0.2, 0) is 21.2 Å². The first-order valence-corrected chi connectivity index (χ1v) is 10.0. The highest BCUT2D eigenvalue weighted by Crippen LogP contribution is 2.21. The predicted molar refractivity (Wildman–Crippen MR) is 101 cm³/mol. The Bertz CT molecular complexity index is 810. The molecule has 0 fully saturated rings.